The van der Waals surface area contributed by atoms with E-state index in [9.17, 15) is 4.79 Å². The van der Waals surface area contributed by atoms with Crippen LogP contribution in [0.5, 0.6) is 0 Å². The zero-order chi connectivity index (χ0) is 9.19. The van der Waals surface area contributed by atoms with E-state index >= 15 is 0 Å². The summed E-state index contributed by atoms with van der Waals surface area (Å²) in [5.74, 6) is 0.178. The number of aromatic nitrogens is 1. The highest BCUT2D eigenvalue weighted by Gasteiger charge is 2.19. The number of hydrogen-bond acceptors (Lipinski definition) is 3. The number of oxazole rings is 1. The Kier molecular flexibility index (Phi) is 2.31. The Bertz CT molecular complexity index is 257. The van der Waals surface area contributed by atoms with Gasteiger partial charge >= 0.3 is 0 Å². The minimum absolute atomic E-state index is 0.00838. The Balaban J connectivity index is 2.63. The van der Waals surface area contributed by atoms with Gasteiger partial charge in [0, 0.05) is 6.42 Å². The van der Waals surface area contributed by atoms with Gasteiger partial charge in [0.2, 0.25) is 5.78 Å². The van der Waals surface area contributed by atoms with Gasteiger partial charge < -0.3 is 4.42 Å². The molecule has 0 unspecified atom stereocenters. The third kappa shape index (κ3) is 2.49. The highest BCUT2D eigenvalue weighted by molar-refractivity contribution is 5.91. The summed E-state index contributed by atoms with van der Waals surface area (Å²) in [6.45, 7) is 6.02. The van der Waals surface area contributed by atoms with Crippen LogP contribution in [0.4, 0.5) is 0 Å². The number of nitrogens with zero attached hydrogens (tertiary/aromatic N) is 1. The van der Waals surface area contributed by atoms with E-state index in [1.165, 1.54) is 12.5 Å². The van der Waals surface area contributed by atoms with Crippen LogP contribution in [0.3, 0.4) is 0 Å². The van der Waals surface area contributed by atoms with Crippen LogP contribution in [0, 0.1) is 5.41 Å². The van der Waals surface area contributed by atoms with Crippen molar-refractivity contribution >= 4 is 5.78 Å². The SMILES string of the molecule is CC(C)(C)CC(=O)c1ncco1. The van der Waals surface area contributed by atoms with Crippen molar-refractivity contribution in [3.05, 3.63) is 18.4 Å². The lowest BCUT2D eigenvalue weighted by Gasteiger charge is -2.14. The first-order valence-corrected chi connectivity index (χ1v) is 3.92. The van der Waals surface area contributed by atoms with Crippen molar-refractivity contribution in [2.45, 2.75) is 27.2 Å². The van der Waals surface area contributed by atoms with Crippen molar-refractivity contribution < 1.29 is 9.21 Å². The number of carbonyl (C=O) groups is 1. The molecule has 0 aromatic carbocycles. The molecule has 1 aromatic rings. The van der Waals surface area contributed by atoms with Gasteiger partial charge in [0.15, 0.2) is 0 Å². The maximum atomic E-state index is 11.4. The average Bonchev–Trinajstić information content (AvgIpc) is 2.32. The number of hydrogen-bond donors (Lipinski definition) is 0. The molecule has 0 aliphatic carbocycles. The molecule has 0 saturated heterocycles. The van der Waals surface area contributed by atoms with Crippen LogP contribution in [-0.2, 0) is 0 Å². The molecule has 0 amide bonds. The predicted octanol–water partition coefficient (Wildman–Crippen LogP) is 2.29. The van der Waals surface area contributed by atoms with Crippen LogP contribution >= 0.6 is 0 Å². The molecule has 66 valence electrons. The molecule has 12 heavy (non-hydrogen) atoms. The van der Waals surface area contributed by atoms with Crippen LogP contribution in [0.2, 0.25) is 0 Å². The summed E-state index contributed by atoms with van der Waals surface area (Å²) >= 11 is 0. The first kappa shape index (κ1) is 8.97. The second-order valence-electron chi connectivity index (χ2n) is 4.00. The molecule has 0 fully saturated rings. The second kappa shape index (κ2) is 3.09. The molecule has 0 aliphatic heterocycles. The summed E-state index contributed by atoms with van der Waals surface area (Å²) in [5.41, 5.74) is -0.00838. The van der Waals surface area contributed by atoms with Gasteiger partial charge in [-0.2, -0.15) is 0 Å². The summed E-state index contributed by atoms with van der Waals surface area (Å²) in [6, 6.07) is 0. The van der Waals surface area contributed by atoms with Crippen LogP contribution in [0.15, 0.2) is 16.9 Å². The lowest BCUT2D eigenvalue weighted by Crippen LogP contribution is -2.13. The summed E-state index contributed by atoms with van der Waals surface area (Å²) < 4.78 is 4.88. The van der Waals surface area contributed by atoms with Gasteiger partial charge in [-0.15, -0.1) is 0 Å². The van der Waals surface area contributed by atoms with E-state index in [2.05, 4.69) is 4.98 Å². The fourth-order valence-corrected chi connectivity index (χ4v) is 0.918. The van der Waals surface area contributed by atoms with Crippen molar-refractivity contribution in [1.82, 2.24) is 4.98 Å². The number of Topliss-reactive ketones (excluding diaryl/α,β-unsaturated/α-hetero) is 1. The molecule has 0 aliphatic rings. The van der Waals surface area contributed by atoms with Crippen LogP contribution in [0.25, 0.3) is 0 Å². The number of carbonyl (C=O) groups excluding carboxylic acids is 1. The minimum atomic E-state index is -0.0347. The van der Waals surface area contributed by atoms with Gasteiger partial charge in [-0.1, -0.05) is 20.8 Å². The highest BCUT2D eigenvalue weighted by atomic mass is 16.3. The van der Waals surface area contributed by atoms with Gasteiger partial charge in [0.25, 0.3) is 5.89 Å². The van der Waals surface area contributed by atoms with Crippen LogP contribution in [0.1, 0.15) is 37.9 Å². The smallest absolute Gasteiger partial charge is 0.263 e. The number of rotatable bonds is 2. The largest absolute Gasteiger partial charge is 0.442 e. The topological polar surface area (TPSA) is 43.1 Å². The third-order valence-electron chi connectivity index (χ3n) is 1.36. The van der Waals surface area contributed by atoms with Crippen molar-refractivity contribution in [3.63, 3.8) is 0 Å². The Morgan fingerprint density at radius 3 is 2.67 bits per heavy atom. The molecule has 0 N–H and O–H groups in total. The fourth-order valence-electron chi connectivity index (χ4n) is 0.918. The lowest BCUT2D eigenvalue weighted by molar-refractivity contribution is 0.0905. The molecular formula is C9H13NO2. The summed E-state index contributed by atoms with van der Waals surface area (Å²) in [7, 11) is 0. The van der Waals surface area contributed by atoms with E-state index in [4.69, 9.17) is 4.42 Å². The molecule has 0 saturated carbocycles. The first-order valence-electron chi connectivity index (χ1n) is 3.92. The lowest BCUT2D eigenvalue weighted by atomic mass is 9.90. The van der Waals surface area contributed by atoms with Gasteiger partial charge in [0.05, 0.1) is 6.20 Å². The van der Waals surface area contributed by atoms with Crippen molar-refractivity contribution in [1.29, 1.82) is 0 Å². The molecule has 0 bridgehead atoms. The Morgan fingerprint density at radius 1 is 1.58 bits per heavy atom. The van der Waals surface area contributed by atoms with Crippen LogP contribution in [-0.4, -0.2) is 10.8 Å². The summed E-state index contributed by atoms with van der Waals surface area (Å²) in [4.78, 5) is 15.1. The second-order valence-corrected chi connectivity index (χ2v) is 4.00. The van der Waals surface area contributed by atoms with E-state index < -0.39 is 0 Å². The van der Waals surface area contributed by atoms with Crippen molar-refractivity contribution in [3.8, 4) is 0 Å². The van der Waals surface area contributed by atoms with E-state index in [1.807, 2.05) is 20.8 Å². The van der Waals surface area contributed by atoms with E-state index in [0.29, 0.717) is 6.42 Å². The van der Waals surface area contributed by atoms with Crippen molar-refractivity contribution in [2.75, 3.05) is 0 Å². The quantitative estimate of drug-likeness (QED) is 0.635. The molecule has 0 radical (unpaired) electrons. The Morgan fingerprint density at radius 2 is 2.25 bits per heavy atom. The maximum Gasteiger partial charge on any atom is 0.263 e. The highest BCUT2D eigenvalue weighted by Crippen LogP contribution is 2.20. The molecule has 3 heteroatoms. The van der Waals surface area contributed by atoms with Crippen LogP contribution < -0.4 is 0 Å². The minimum Gasteiger partial charge on any atom is -0.442 e. The van der Waals surface area contributed by atoms with Gasteiger partial charge in [-0.25, -0.2) is 4.98 Å². The molecule has 1 aromatic heterocycles. The zero-order valence-electron chi connectivity index (χ0n) is 7.63. The zero-order valence-corrected chi connectivity index (χ0v) is 7.63. The van der Waals surface area contributed by atoms with Gasteiger partial charge in [-0.05, 0) is 5.41 Å². The normalized spacial score (nSPS) is 11.6. The summed E-state index contributed by atoms with van der Waals surface area (Å²) in [5, 5.41) is 0. The molecule has 0 spiro atoms. The molecule has 3 nitrogen and oxygen atoms in total. The predicted molar refractivity (Wildman–Crippen MR) is 44.9 cm³/mol. The van der Waals surface area contributed by atoms with Gasteiger partial charge in [-0.3, -0.25) is 4.79 Å². The average molecular weight is 167 g/mol. The Labute approximate surface area is 71.8 Å². The third-order valence-corrected chi connectivity index (χ3v) is 1.36. The van der Waals surface area contributed by atoms with E-state index in [1.54, 1.807) is 0 Å². The summed E-state index contributed by atoms with van der Waals surface area (Å²) in [6.07, 6.45) is 3.36. The van der Waals surface area contributed by atoms with E-state index in [0.717, 1.165) is 0 Å². The molecular weight excluding hydrogens is 154 g/mol. The van der Waals surface area contributed by atoms with E-state index in [-0.39, 0.29) is 17.1 Å². The molecule has 1 heterocycles. The molecule has 1 rings (SSSR count). The number of ketones is 1. The molecule has 0 atom stereocenters. The van der Waals surface area contributed by atoms with Crippen molar-refractivity contribution in [2.24, 2.45) is 5.41 Å². The van der Waals surface area contributed by atoms with Gasteiger partial charge in [0.1, 0.15) is 6.26 Å². The first-order chi connectivity index (χ1) is 5.49. The Hall–Kier alpha value is -1.12. The fraction of sp³-hybridized carbons (Fsp3) is 0.556. The monoisotopic (exact) mass is 167 g/mol. The standard InChI is InChI=1S/C9H13NO2/c1-9(2,3)6-7(11)8-10-4-5-12-8/h4-5H,6H2,1-3H3. The maximum absolute atomic E-state index is 11.4.